The molecule has 2 unspecified atom stereocenters. The van der Waals surface area contributed by atoms with E-state index >= 15 is 0 Å². The predicted molar refractivity (Wildman–Crippen MR) is 46.4 cm³/mol. The Bertz CT molecular complexity index is 125. The largest absolute Gasteiger partial charge is 0.392 e. The fourth-order valence-electron chi connectivity index (χ4n) is 1.58. The van der Waals surface area contributed by atoms with Crippen molar-refractivity contribution < 1.29 is 5.11 Å². The van der Waals surface area contributed by atoms with Crippen LogP contribution in [0.5, 0.6) is 0 Å². The highest BCUT2D eigenvalue weighted by molar-refractivity contribution is 4.84. The minimum atomic E-state index is -0.186. The van der Waals surface area contributed by atoms with Crippen LogP contribution in [0.25, 0.3) is 0 Å². The molecule has 0 bridgehead atoms. The van der Waals surface area contributed by atoms with E-state index in [0.29, 0.717) is 0 Å². The van der Waals surface area contributed by atoms with Crippen molar-refractivity contribution in [3.8, 4) is 0 Å². The molecule has 0 aromatic rings. The van der Waals surface area contributed by atoms with Gasteiger partial charge in [0.05, 0.1) is 6.10 Å². The Labute approximate surface area is 69.2 Å². The van der Waals surface area contributed by atoms with E-state index < -0.39 is 0 Å². The first-order valence-electron chi connectivity index (χ1n) is 4.46. The summed E-state index contributed by atoms with van der Waals surface area (Å²) in [5, 5.41) is 9.08. The van der Waals surface area contributed by atoms with Gasteiger partial charge in [-0.1, -0.05) is 6.92 Å². The van der Waals surface area contributed by atoms with Gasteiger partial charge in [0, 0.05) is 13.1 Å². The Hall–Kier alpha value is -0.0800. The highest BCUT2D eigenvalue weighted by Gasteiger charge is 2.32. The molecule has 0 heterocycles. The van der Waals surface area contributed by atoms with Crippen molar-refractivity contribution in [3.05, 3.63) is 0 Å². The van der Waals surface area contributed by atoms with Crippen molar-refractivity contribution in [2.45, 2.75) is 26.4 Å². The zero-order valence-corrected chi connectivity index (χ0v) is 7.75. The summed E-state index contributed by atoms with van der Waals surface area (Å²) < 4.78 is 0. The Morgan fingerprint density at radius 2 is 2.18 bits per heavy atom. The number of hydrogen-bond acceptors (Lipinski definition) is 2. The highest BCUT2D eigenvalue weighted by Crippen LogP contribution is 2.37. The molecule has 0 aromatic carbocycles. The van der Waals surface area contributed by atoms with Gasteiger partial charge in [-0.05, 0) is 32.2 Å². The lowest BCUT2D eigenvalue weighted by molar-refractivity contribution is 0.138. The molecule has 1 N–H and O–H groups in total. The Morgan fingerprint density at radius 3 is 2.55 bits per heavy atom. The van der Waals surface area contributed by atoms with E-state index in [1.54, 1.807) is 0 Å². The molecule has 3 atom stereocenters. The number of aliphatic hydroxyl groups is 1. The van der Waals surface area contributed by atoms with Gasteiger partial charge in [-0.2, -0.15) is 0 Å². The van der Waals surface area contributed by atoms with Crippen LogP contribution in [0, 0.1) is 11.8 Å². The second-order valence-corrected chi connectivity index (χ2v) is 4.04. The molecule has 2 nitrogen and oxygen atoms in total. The third-order valence-electron chi connectivity index (χ3n) is 2.40. The fraction of sp³-hybridized carbons (Fsp3) is 1.00. The van der Waals surface area contributed by atoms with E-state index in [0.717, 1.165) is 24.9 Å². The molecule has 0 spiro atoms. The van der Waals surface area contributed by atoms with Crippen molar-refractivity contribution in [2.75, 3.05) is 20.1 Å². The highest BCUT2D eigenvalue weighted by atomic mass is 16.3. The van der Waals surface area contributed by atoms with Crippen LogP contribution in [0.3, 0.4) is 0 Å². The van der Waals surface area contributed by atoms with E-state index in [4.69, 9.17) is 5.11 Å². The molecule has 0 saturated heterocycles. The summed E-state index contributed by atoms with van der Waals surface area (Å²) in [6, 6.07) is 0. The summed E-state index contributed by atoms with van der Waals surface area (Å²) in [6.07, 6.45) is 1.19. The van der Waals surface area contributed by atoms with Crippen LogP contribution >= 0.6 is 0 Å². The van der Waals surface area contributed by atoms with Gasteiger partial charge in [0.2, 0.25) is 0 Å². The van der Waals surface area contributed by atoms with Gasteiger partial charge in [0.1, 0.15) is 0 Å². The topological polar surface area (TPSA) is 23.5 Å². The zero-order chi connectivity index (χ0) is 8.43. The molecular weight excluding hydrogens is 138 g/mol. The van der Waals surface area contributed by atoms with Crippen LogP contribution in [-0.4, -0.2) is 36.2 Å². The van der Waals surface area contributed by atoms with Gasteiger partial charge in [-0.25, -0.2) is 0 Å². The second-order valence-electron chi connectivity index (χ2n) is 4.04. The van der Waals surface area contributed by atoms with Gasteiger partial charge in [-0.3, -0.25) is 0 Å². The first-order valence-corrected chi connectivity index (χ1v) is 4.46. The molecule has 1 fully saturated rings. The molecule has 66 valence electrons. The normalized spacial score (nSPS) is 32.5. The Kier molecular flexibility index (Phi) is 2.90. The molecule has 0 aliphatic heterocycles. The van der Waals surface area contributed by atoms with E-state index in [2.05, 4.69) is 18.9 Å². The van der Waals surface area contributed by atoms with Crippen molar-refractivity contribution in [1.82, 2.24) is 4.90 Å². The molecule has 0 amide bonds. The third kappa shape index (κ3) is 3.21. The van der Waals surface area contributed by atoms with Crippen LogP contribution in [0.15, 0.2) is 0 Å². The molecule has 0 aromatic heterocycles. The standard InChI is InChI=1S/C9H19NO/c1-7-4-9(7)6-10(3)5-8(2)11/h7-9,11H,4-6H2,1-3H3/t7?,8-,9?/m0/s1. The van der Waals surface area contributed by atoms with Crippen molar-refractivity contribution in [2.24, 2.45) is 11.8 Å². The van der Waals surface area contributed by atoms with Crippen LogP contribution in [0.4, 0.5) is 0 Å². The number of rotatable bonds is 4. The molecule has 1 aliphatic rings. The number of hydrogen-bond donors (Lipinski definition) is 1. The van der Waals surface area contributed by atoms with Gasteiger partial charge in [-0.15, -0.1) is 0 Å². The van der Waals surface area contributed by atoms with E-state index in [-0.39, 0.29) is 6.10 Å². The Morgan fingerprint density at radius 1 is 1.64 bits per heavy atom. The van der Waals surface area contributed by atoms with Crippen LogP contribution in [0.2, 0.25) is 0 Å². The summed E-state index contributed by atoms with van der Waals surface area (Å²) in [6.45, 7) is 6.10. The summed E-state index contributed by atoms with van der Waals surface area (Å²) >= 11 is 0. The average molecular weight is 157 g/mol. The monoisotopic (exact) mass is 157 g/mol. The first-order chi connectivity index (χ1) is 5.09. The van der Waals surface area contributed by atoms with Crippen LogP contribution in [0.1, 0.15) is 20.3 Å². The van der Waals surface area contributed by atoms with Crippen molar-refractivity contribution in [1.29, 1.82) is 0 Å². The molecule has 2 heteroatoms. The number of nitrogens with zero attached hydrogens (tertiary/aromatic N) is 1. The fourth-order valence-corrected chi connectivity index (χ4v) is 1.58. The molecule has 0 radical (unpaired) electrons. The maximum Gasteiger partial charge on any atom is 0.0638 e. The minimum absolute atomic E-state index is 0.186. The number of likely N-dealkylation sites (N-methyl/N-ethyl adjacent to an activating group) is 1. The van der Waals surface area contributed by atoms with E-state index in [1.807, 2.05) is 6.92 Å². The van der Waals surface area contributed by atoms with Crippen molar-refractivity contribution in [3.63, 3.8) is 0 Å². The van der Waals surface area contributed by atoms with Crippen LogP contribution in [-0.2, 0) is 0 Å². The summed E-state index contributed by atoms with van der Waals surface area (Å²) in [5.74, 6) is 1.82. The molecule has 1 saturated carbocycles. The van der Waals surface area contributed by atoms with Crippen LogP contribution < -0.4 is 0 Å². The summed E-state index contributed by atoms with van der Waals surface area (Å²) in [5.41, 5.74) is 0. The van der Waals surface area contributed by atoms with Gasteiger partial charge in [0.15, 0.2) is 0 Å². The quantitative estimate of drug-likeness (QED) is 0.657. The average Bonchev–Trinajstić information content (AvgIpc) is 2.43. The second kappa shape index (κ2) is 3.55. The van der Waals surface area contributed by atoms with Gasteiger partial charge in [0.25, 0.3) is 0 Å². The van der Waals surface area contributed by atoms with Crippen molar-refractivity contribution >= 4 is 0 Å². The molecule has 1 rings (SSSR count). The number of aliphatic hydroxyl groups excluding tert-OH is 1. The Balaban J connectivity index is 2.06. The maximum absolute atomic E-state index is 9.08. The first kappa shape index (κ1) is 9.01. The third-order valence-corrected chi connectivity index (χ3v) is 2.40. The van der Waals surface area contributed by atoms with Gasteiger partial charge >= 0.3 is 0 Å². The lowest BCUT2D eigenvalue weighted by Crippen LogP contribution is -2.29. The zero-order valence-electron chi connectivity index (χ0n) is 7.75. The van der Waals surface area contributed by atoms with E-state index in [1.165, 1.54) is 6.42 Å². The SMILES string of the molecule is CC1CC1CN(C)C[C@H](C)O. The summed E-state index contributed by atoms with van der Waals surface area (Å²) in [7, 11) is 2.08. The lowest BCUT2D eigenvalue weighted by atomic mass is 10.3. The summed E-state index contributed by atoms with van der Waals surface area (Å²) in [4.78, 5) is 2.22. The molecular formula is C9H19NO. The van der Waals surface area contributed by atoms with Gasteiger partial charge < -0.3 is 10.0 Å². The minimum Gasteiger partial charge on any atom is -0.392 e. The smallest absolute Gasteiger partial charge is 0.0638 e. The molecule has 1 aliphatic carbocycles. The van der Waals surface area contributed by atoms with E-state index in [9.17, 15) is 0 Å². The lowest BCUT2D eigenvalue weighted by Gasteiger charge is -2.17. The molecule has 11 heavy (non-hydrogen) atoms. The predicted octanol–water partition coefficient (Wildman–Crippen LogP) is 0.955. The maximum atomic E-state index is 9.08.